The van der Waals surface area contributed by atoms with E-state index in [0.29, 0.717) is 6.04 Å². The first-order chi connectivity index (χ1) is 8.25. The summed E-state index contributed by atoms with van der Waals surface area (Å²) in [7, 11) is 2.13. The molecule has 1 N–H and O–H groups in total. The van der Waals surface area contributed by atoms with E-state index in [2.05, 4.69) is 28.8 Å². The number of H-pyrrole nitrogens is 1. The summed E-state index contributed by atoms with van der Waals surface area (Å²) in [5.41, 5.74) is 3.03. The highest BCUT2D eigenvalue weighted by Gasteiger charge is 2.21. The highest BCUT2D eigenvalue weighted by atomic mass is 15.2. The predicted molar refractivity (Wildman–Crippen MR) is 69.3 cm³/mol. The molecule has 4 nitrogen and oxygen atoms in total. The number of rotatable bonds is 2. The number of hydrogen-bond acceptors (Lipinski definition) is 3. The lowest BCUT2D eigenvalue weighted by atomic mass is 10.2. The van der Waals surface area contributed by atoms with E-state index in [0.717, 1.165) is 22.5 Å². The largest absolute Gasteiger partial charge is 0.355 e. The van der Waals surface area contributed by atoms with Crippen LogP contribution in [0.1, 0.15) is 31.2 Å². The van der Waals surface area contributed by atoms with E-state index in [-0.39, 0.29) is 0 Å². The van der Waals surface area contributed by atoms with Crippen LogP contribution in [-0.4, -0.2) is 28.0 Å². The molecule has 3 rings (SSSR count). The monoisotopic (exact) mass is 230 g/mol. The lowest BCUT2D eigenvalue weighted by Gasteiger charge is -2.24. The molecule has 2 heterocycles. The van der Waals surface area contributed by atoms with Gasteiger partial charge in [-0.1, -0.05) is 12.8 Å². The summed E-state index contributed by atoms with van der Waals surface area (Å²) in [5, 5.41) is 0. The van der Waals surface area contributed by atoms with Crippen LogP contribution in [0.25, 0.3) is 11.2 Å². The van der Waals surface area contributed by atoms with Crippen LogP contribution in [0, 0.1) is 6.92 Å². The van der Waals surface area contributed by atoms with Crippen molar-refractivity contribution in [1.82, 2.24) is 15.0 Å². The second kappa shape index (κ2) is 4.02. The fourth-order valence-electron chi connectivity index (χ4n) is 2.65. The second-order valence-electron chi connectivity index (χ2n) is 4.95. The van der Waals surface area contributed by atoms with Gasteiger partial charge in [0.15, 0.2) is 5.65 Å². The van der Waals surface area contributed by atoms with Crippen molar-refractivity contribution in [3.05, 3.63) is 18.0 Å². The second-order valence-corrected chi connectivity index (χ2v) is 4.95. The van der Waals surface area contributed by atoms with Crippen LogP contribution in [0.15, 0.2) is 12.4 Å². The van der Waals surface area contributed by atoms with Gasteiger partial charge in [0.2, 0.25) is 0 Å². The number of aromatic amines is 1. The van der Waals surface area contributed by atoms with Gasteiger partial charge >= 0.3 is 0 Å². The molecule has 0 aliphatic heterocycles. The molecule has 17 heavy (non-hydrogen) atoms. The molecule has 2 aromatic heterocycles. The third-order valence-corrected chi connectivity index (χ3v) is 3.79. The summed E-state index contributed by atoms with van der Waals surface area (Å²) in [5.74, 6) is 0.993. The molecular formula is C13H18N4. The SMILES string of the molecule is Cc1c[nH]c2ncc(N(C)C3CCCC3)nc12. The van der Waals surface area contributed by atoms with Gasteiger partial charge in [-0.2, -0.15) is 0 Å². The lowest BCUT2D eigenvalue weighted by molar-refractivity contribution is 0.646. The predicted octanol–water partition coefficient (Wildman–Crippen LogP) is 2.65. The maximum atomic E-state index is 4.71. The van der Waals surface area contributed by atoms with E-state index < -0.39 is 0 Å². The third-order valence-electron chi connectivity index (χ3n) is 3.79. The Morgan fingerprint density at radius 3 is 2.88 bits per heavy atom. The number of nitrogens with zero attached hydrogens (tertiary/aromatic N) is 3. The quantitative estimate of drug-likeness (QED) is 0.862. The van der Waals surface area contributed by atoms with E-state index in [1.54, 1.807) is 0 Å². The van der Waals surface area contributed by atoms with E-state index in [9.17, 15) is 0 Å². The lowest BCUT2D eigenvalue weighted by Crippen LogP contribution is -2.29. The van der Waals surface area contributed by atoms with E-state index >= 15 is 0 Å². The Kier molecular flexibility index (Phi) is 2.50. The Bertz CT molecular complexity index is 525. The minimum absolute atomic E-state index is 0.640. The van der Waals surface area contributed by atoms with Gasteiger partial charge in [-0.3, -0.25) is 0 Å². The van der Waals surface area contributed by atoms with Crippen LogP contribution in [0.5, 0.6) is 0 Å². The number of nitrogens with one attached hydrogen (secondary N) is 1. The molecule has 0 atom stereocenters. The first kappa shape index (κ1) is 10.6. The minimum Gasteiger partial charge on any atom is -0.355 e. The summed E-state index contributed by atoms with van der Waals surface area (Å²) in [6, 6.07) is 0.640. The summed E-state index contributed by atoms with van der Waals surface area (Å²) < 4.78 is 0. The summed E-state index contributed by atoms with van der Waals surface area (Å²) in [6.07, 6.45) is 9.08. The van der Waals surface area contributed by atoms with E-state index in [4.69, 9.17) is 4.98 Å². The van der Waals surface area contributed by atoms with Crippen molar-refractivity contribution >= 4 is 17.0 Å². The molecule has 0 amide bonds. The molecular weight excluding hydrogens is 212 g/mol. The molecule has 0 radical (unpaired) electrons. The van der Waals surface area contributed by atoms with Gasteiger partial charge in [0.1, 0.15) is 11.3 Å². The van der Waals surface area contributed by atoms with Crippen LogP contribution < -0.4 is 4.90 Å². The molecule has 0 spiro atoms. The van der Waals surface area contributed by atoms with Crippen LogP contribution >= 0.6 is 0 Å². The van der Waals surface area contributed by atoms with Crippen LogP contribution in [0.3, 0.4) is 0 Å². The van der Waals surface area contributed by atoms with Crippen molar-refractivity contribution < 1.29 is 0 Å². The van der Waals surface area contributed by atoms with E-state index in [1.807, 2.05) is 12.4 Å². The molecule has 0 unspecified atom stereocenters. The fourth-order valence-corrected chi connectivity index (χ4v) is 2.65. The number of aryl methyl sites for hydroxylation is 1. The van der Waals surface area contributed by atoms with Gasteiger partial charge in [0, 0.05) is 19.3 Å². The maximum absolute atomic E-state index is 4.71. The van der Waals surface area contributed by atoms with Crippen molar-refractivity contribution in [3.63, 3.8) is 0 Å². The molecule has 1 fully saturated rings. The van der Waals surface area contributed by atoms with Crippen molar-refractivity contribution in [3.8, 4) is 0 Å². The number of anilines is 1. The Labute approximate surface area is 101 Å². The van der Waals surface area contributed by atoms with Crippen molar-refractivity contribution in [1.29, 1.82) is 0 Å². The fraction of sp³-hybridized carbons (Fsp3) is 0.538. The van der Waals surface area contributed by atoms with Gasteiger partial charge in [0.25, 0.3) is 0 Å². The number of aromatic nitrogens is 3. The Hall–Kier alpha value is -1.58. The Morgan fingerprint density at radius 1 is 1.35 bits per heavy atom. The molecule has 0 bridgehead atoms. The average molecular weight is 230 g/mol. The standard InChI is InChI=1S/C13H18N4/c1-9-7-14-13-12(9)16-11(8-15-13)17(2)10-5-3-4-6-10/h7-8,10H,3-6H2,1-2H3,(H,14,15). The van der Waals surface area contributed by atoms with Crippen LogP contribution in [-0.2, 0) is 0 Å². The zero-order valence-corrected chi connectivity index (χ0v) is 10.4. The zero-order valence-electron chi connectivity index (χ0n) is 10.4. The van der Waals surface area contributed by atoms with Gasteiger partial charge in [-0.25, -0.2) is 9.97 Å². The first-order valence-corrected chi connectivity index (χ1v) is 6.29. The zero-order chi connectivity index (χ0) is 11.8. The van der Waals surface area contributed by atoms with Gasteiger partial charge in [-0.05, 0) is 25.3 Å². The van der Waals surface area contributed by atoms with Crippen LogP contribution in [0.2, 0.25) is 0 Å². The molecule has 4 heteroatoms. The normalized spacial score (nSPS) is 16.8. The van der Waals surface area contributed by atoms with E-state index in [1.165, 1.54) is 25.7 Å². The molecule has 1 aliphatic rings. The average Bonchev–Trinajstić information content (AvgIpc) is 2.98. The van der Waals surface area contributed by atoms with Gasteiger partial charge in [-0.15, -0.1) is 0 Å². The summed E-state index contributed by atoms with van der Waals surface area (Å²) in [6.45, 7) is 2.06. The number of hydrogen-bond donors (Lipinski definition) is 1. The highest BCUT2D eigenvalue weighted by Crippen LogP contribution is 2.26. The number of fused-ring (bicyclic) bond motifs is 1. The maximum Gasteiger partial charge on any atom is 0.156 e. The third kappa shape index (κ3) is 1.77. The van der Waals surface area contributed by atoms with Crippen LogP contribution in [0.4, 0.5) is 5.82 Å². The van der Waals surface area contributed by atoms with Crippen molar-refractivity contribution in [2.24, 2.45) is 0 Å². The van der Waals surface area contributed by atoms with Crippen molar-refractivity contribution in [2.45, 2.75) is 38.6 Å². The minimum atomic E-state index is 0.640. The molecule has 1 saturated carbocycles. The topological polar surface area (TPSA) is 44.8 Å². The molecule has 0 saturated heterocycles. The highest BCUT2D eigenvalue weighted by molar-refractivity contribution is 5.76. The summed E-state index contributed by atoms with van der Waals surface area (Å²) in [4.78, 5) is 14.6. The molecule has 2 aromatic rings. The molecule has 1 aliphatic carbocycles. The van der Waals surface area contributed by atoms with Gasteiger partial charge < -0.3 is 9.88 Å². The molecule has 0 aromatic carbocycles. The first-order valence-electron chi connectivity index (χ1n) is 6.29. The summed E-state index contributed by atoms with van der Waals surface area (Å²) >= 11 is 0. The van der Waals surface area contributed by atoms with Gasteiger partial charge in [0.05, 0.1) is 6.20 Å². The Morgan fingerprint density at radius 2 is 2.12 bits per heavy atom. The Balaban J connectivity index is 1.96. The smallest absolute Gasteiger partial charge is 0.156 e. The molecule has 90 valence electrons. The van der Waals surface area contributed by atoms with Crippen molar-refractivity contribution in [2.75, 3.05) is 11.9 Å².